The smallest absolute Gasteiger partial charge is 0.273 e. The first kappa shape index (κ1) is 20.5. The summed E-state index contributed by atoms with van der Waals surface area (Å²) in [6, 6.07) is 1.56. The lowest BCUT2D eigenvalue weighted by Gasteiger charge is -2.32. The van der Waals surface area contributed by atoms with Crippen molar-refractivity contribution in [3.8, 4) is 11.3 Å². The molecule has 1 amide bonds. The number of aromatic nitrogens is 3. The van der Waals surface area contributed by atoms with E-state index in [0.717, 1.165) is 37.1 Å². The number of sulfonamides is 1. The molecule has 9 nitrogen and oxygen atoms in total. The molecule has 3 heterocycles. The maximum absolute atomic E-state index is 12.5. The van der Waals surface area contributed by atoms with Gasteiger partial charge in [-0.2, -0.15) is 9.40 Å². The van der Waals surface area contributed by atoms with Crippen molar-refractivity contribution >= 4 is 15.9 Å². The third kappa shape index (κ3) is 4.27. The van der Waals surface area contributed by atoms with Crippen molar-refractivity contribution in [1.29, 1.82) is 0 Å². The third-order valence-electron chi connectivity index (χ3n) is 5.16. The number of nitrogens with zero attached hydrogens (tertiary/aromatic N) is 4. The highest BCUT2D eigenvalue weighted by molar-refractivity contribution is 7.89. The highest BCUT2D eigenvalue weighted by Gasteiger charge is 2.29. The van der Waals surface area contributed by atoms with Crippen molar-refractivity contribution in [1.82, 2.24) is 24.6 Å². The molecular formula is C18H27N5O4S. The van der Waals surface area contributed by atoms with Gasteiger partial charge in [-0.25, -0.2) is 8.42 Å². The number of nitrogens with one attached hydrogen (secondary N) is 1. The van der Waals surface area contributed by atoms with Gasteiger partial charge in [-0.05, 0) is 33.6 Å². The van der Waals surface area contributed by atoms with Gasteiger partial charge in [0.05, 0.1) is 17.5 Å². The van der Waals surface area contributed by atoms with Crippen LogP contribution in [-0.2, 0) is 16.6 Å². The fourth-order valence-electron chi connectivity index (χ4n) is 3.50. The van der Waals surface area contributed by atoms with Gasteiger partial charge < -0.3 is 9.84 Å². The van der Waals surface area contributed by atoms with E-state index in [1.54, 1.807) is 16.6 Å². The Morgan fingerprint density at radius 1 is 1.39 bits per heavy atom. The molecule has 1 atom stereocenters. The molecule has 1 fully saturated rings. The van der Waals surface area contributed by atoms with Crippen LogP contribution in [0, 0.1) is 6.92 Å². The molecule has 0 radical (unpaired) electrons. The SMILES string of the molecule is CCn1ncc(-c2cc(C(=O)NCCS(=O)(=O)N3CCCC[C@H]3C)no2)c1C. The minimum Gasteiger partial charge on any atom is -0.355 e. The van der Waals surface area contributed by atoms with Crippen molar-refractivity contribution in [2.45, 2.75) is 52.6 Å². The summed E-state index contributed by atoms with van der Waals surface area (Å²) in [5, 5.41) is 10.7. The maximum Gasteiger partial charge on any atom is 0.273 e. The molecule has 2 aromatic heterocycles. The van der Waals surface area contributed by atoms with Gasteiger partial charge in [-0.1, -0.05) is 11.6 Å². The van der Waals surface area contributed by atoms with Crippen LogP contribution in [0.2, 0.25) is 0 Å². The molecule has 1 aliphatic heterocycles. The number of rotatable bonds is 7. The lowest BCUT2D eigenvalue weighted by Crippen LogP contribution is -2.45. The molecule has 0 saturated carbocycles. The van der Waals surface area contributed by atoms with E-state index in [9.17, 15) is 13.2 Å². The molecule has 1 saturated heterocycles. The van der Waals surface area contributed by atoms with E-state index < -0.39 is 15.9 Å². The summed E-state index contributed by atoms with van der Waals surface area (Å²) in [7, 11) is -3.39. The second-order valence-electron chi connectivity index (χ2n) is 7.06. The van der Waals surface area contributed by atoms with Crippen molar-refractivity contribution in [2.24, 2.45) is 0 Å². The molecular weight excluding hydrogens is 382 g/mol. The van der Waals surface area contributed by atoms with Crippen LogP contribution in [0.15, 0.2) is 16.8 Å². The van der Waals surface area contributed by atoms with E-state index in [4.69, 9.17) is 4.52 Å². The van der Waals surface area contributed by atoms with Crippen LogP contribution in [0.25, 0.3) is 11.3 Å². The van der Waals surface area contributed by atoms with Crippen molar-refractivity contribution in [2.75, 3.05) is 18.8 Å². The van der Waals surface area contributed by atoms with E-state index in [2.05, 4.69) is 15.6 Å². The number of hydrogen-bond acceptors (Lipinski definition) is 6. The Labute approximate surface area is 165 Å². The first-order chi connectivity index (χ1) is 13.3. The Bertz CT molecular complexity index is 934. The predicted molar refractivity (Wildman–Crippen MR) is 104 cm³/mol. The average molecular weight is 410 g/mol. The fraction of sp³-hybridized carbons (Fsp3) is 0.611. The second-order valence-corrected chi connectivity index (χ2v) is 9.10. The van der Waals surface area contributed by atoms with Gasteiger partial charge in [-0.3, -0.25) is 9.48 Å². The molecule has 154 valence electrons. The Kier molecular flexibility index (Phi) is 6.19. The van der Waals surface area contributed by atoms with Gasteiger partial charge in [-0.15, -0.1) is 0 Å². The number of piperidine rings is 1. The zero-order chi connectivity index (χ0) is 20.3. The van der Waals surface area contributed by atoms with Crippen molar-refractivity contribution in [3.63, 3.8) is 0 Å². The normalized spacial score (nSPS) is 18.3. The van der Waals surface area contributed by atoms with Gasteiger partial charge in [0.25, 0.3) is 5.91 Å². The van der Waals surface area contributed by atoms with Gasteiger partial charge in [0.1, 0.15) is 0 Å². The zero-order valence-electron chi connectivity index (χ0n) is 16.5. The van der Waals surface area contributed by atoms with Crippen LogP contribution in [0.4, 0.5) is 0 Å². The number of carbonyl (C=O) groups is 1. The van der Waals surface area contributed by atoms with Gasteiger partial charge >= 0.3 is 0 Å². The van der Waals surface area contributed by atoms with Gasteiger partial charge in [0, 0.05) is 37.4 Å². The first-order valence-corrected chi connectivity index (χ1v) is 11.2. The summed E-state index contributed by atoms with van der Waals surface area (Å²) in [4.78, 5) is 12.3. The van der Waals surface area contributed by atoms with Gasteiger partial charge in [0.15, 0.2) is 11.5 Å². The number of hydrogen-bond donors (Lipinski definition) is 1. The summed E-state index contributed by atoms with van der Waals surface area (Å²) in [6.07, 6.45) is 4.48. The molecule has 0 aromatic carbocycles. The monoisotopic (exact) mass is 409 g/mol. The lowest BCUT2D eigenvalue weighted by atomic mass is 10.1. The summed E-state index contributed by atoms with van der Waals surface area (Å²) in [6.45, 7) is 7.14. The molecule has 1 aliphatic rings. The summed E-state index contributed by atoms with van der Waals surface area (Å²) in [5.74, 6) is -0.134. The van der Waals surface area contributed by atoms with Crippen molar-refractivity contribution < 1.29 is 17.7 Å². The maximum atomic E-state index is 12.5. The van der Waals surface area contributed by atoms with Crippen LogP contribution < -0.4 is 5.32 Å². The summed E-state index contributed by atoms with van der Waals surface area (Å²) in [5.41, 5.74) is 1.81. The molecule has 10 heteroatoms. The van der Waals surface area contributed by atoms with Gasteiger partial charge in [0.2, 0.25) is 10.0 Å². The Morgan fingerprint density at radius 2 is 2.18 bits per heavy atom. The van der Waals surface area contributed by atoms with Crippen LogP contribution >= 0.6 is 0 Å². The minimum absolute atomic E-state index is 0.0137. The molecule has 0 bridgehead atoms. The largest absolute Gasteiger partial charge is 0.355 e. The molecule has 0 aliphatic carbocycles. The highest BCUT2D eigenvalue weighted by Crippen LogP contribution is 2.24. The Hall–Kier alpha value is -2.20. The topological polar surface area (TPSA) is 110 Å². The van der Waals surface area contributed by atoms with E-state index in [1.165, 1.54) is 0 Å². The number of amides is 1. The zero-order valence-corrected chi connectivity index (χ0v) is 17.3. The molecule has 2 aromatic rings. The summed E-state index contributed by atoms with van der Waals surface area (Å²) >= 11 is 0. The van der Waals surface area contributed by atoms with Crippen molar-refractivity contribution in [3.05, 3.63) is 23.7 Å². The van der Waals surface area contributed by atoms with E-state index in [1.807, 2.05) is 25.5 Å². The molecule has 28 heavy (non-hydrogen) atoms. The minimum atomic E-state index is -3.39. The highest BCUT2D eigenvalue weighted by atomic mass is 32.2. The fourth-order valence-corrected chi connectivity index (χ4v) is 5.16. The average Bonchev–Trinajstić information content (AvgIpc) is 3.28. The predicted octanol–water partition coefficient (Wildman–Crippen LogP) is 1.80. The molecule has 0 unspecified atom stereocenters. The van der Waals surface area contributed by atoms with Crippen LogP contribution in [0.3, 0.4) is 0 Å². The van der Waals surface area contributed by atoms with E-state index in [-0.39, 0.29) is 24.0 Å². The summed E-state index contributed by atoms with van der Waals surface area (Å²) < 4.78 is 33.7. The molecule has 3 rings (SSSR count). The van der Waals surface area contributed by atoms with E-state index >= 15 is 0 Å². The standard InChI is InChI=1S/C18H27N5O4S/c1-4-22-14(3)15(12-20-22)17-11-16(21-27-17)18(24)19-8-10-28(25,26)23-9-6-5-7-13(23)2/h11-13H,4-10H2,1-3H3,(H,19,24)/t13-/m1/s1. The first-order valence-electron chi connectivity index (χ1n) is 9.60. The third-order valence-corrected chi connectivity index (χ3v) is 7.13. The van der Waals surface area contributed by atoms with Crippen LogP contribution in [0.5, 0.6) is 0 Å². The lowest BCUT2D eigenvalue weighted by molar-refractivity contribution is 0.0947. The molecule has 1 N–H and O–H groups in total. The number of aryl methyl sites for hydroxylation is 1. The molecule has 0 spiro atoms. The second kappa shape index (κ2) is 8.44. The van der Waals surface area contributed by atoms with Crippen LogP contribution in [0.1, 0.15) is 49.3 Å². The Balaban J connectivity index is 1.58. The van der Waals surface area contributed by atoms with Crippen LogP contribution in [-0.4, -0.2) is 58.5 Å². The van der Waals surface area contributed by atoms with E-state index in [0.29, 0.717) is 12.3 Å². The number of carbonyl (C=O) groups excluding carboxylic acids is 1. The Morgan fingerprint density at radius 3 is 2.86 bits per heavy atom. The quantitative estimate of drug-likeness (QED) is 0.747.